The number of unbranched alkanes of at least 4 members (excludes halogenated alkanes) is 16. The summed E-state index contributed by atoms with van der Waals surface area (Å²) in [5, 5.41) is 0. The molecule has 1 aliphatic heterocycles. The highest BCUT2D eigenvalue weighted by molar-refractivity contribution is 7.61. The van der Waals surface area contributed by atoms with E-state index in [1.165, 1.54) is 87.8 Å². The lowest BCUT2D eigenvalue weighted by Crippen LogP contribution is -2.33. The van der Waals surface area contributed by atoms with Crippen LogP contribution in [0.4, 0.5) is 0 Å². The maximum atomic E-state index is 13.2. The van der Waals surface area contributed by atoms with E-state index in [2.05, 4.69) is 11.9 Å². The second-order valence-electron chi connectivity index (χ2n) is 12.0. The van der Waals surface area contributed by atoms with Crippen molar-refractivity contribution >= 4 is 15.6 Å². The molecule has 266 valence electrons. The number of H-pyrrole nitrogens is 1. The van der Waals surface area contributed by atoms with E-state index in [1.54, 1.807) is 19.1 Å². The van der Waals surface area contributed by atoms with Crippen LogP contribution in [-0.2, 0) is 31.7 Å². The maximum absolute atomic E-state index is 13.2. The van der Waals surface area contributed by atoms with Crippen LogP contribution in [-0.4, -0.2) is 40.4 Å². The van der Waals surface area contributed by atoms with Crippen molar-refractivity contribution < 1.29 is 36.6 Å². The maximum Gasteiger partial charge on any atom is 0.483 e. The van der Waals surface area contributed by atoms with Gasteiger partial charge in [-0.05, 0) is 25.8 Å². The van der Waals surface area contributed by atoms with Crippen LogP contribution in [0.15, 0.2) is 27.9 Å². The molecule has 2 N–H and O–H groups in total. The number of ether oxygens (including phenoxy) is 1. The van der Waals surface area contributed by atoms with Crippen LogP contribution < -0.4 is 11.2 Å². The number of phosphoric acid groups is 2. The molecule has 1 aromatic rings. The molecule has 2 rings (SSSR count). The largest absolute Gasteiger partial charge is 0.483 e. The van der Waals surface area contributed by atoms with Gasteiger partial charge in [-0.25, -0.2) is 13.9 Å². The minimum atomic E-state index is -4.87. The average molecular weight is 693 g/mol. The van der Waals surface area contributed by atoms with Crippen LogP contribution in [0.25, 0.3) is 0 Å². The Labute approximate surface area is 274 Å². The lowest BCUT2D eigenvalue weighted by Gasteiger charge is -2.21. The molecule has 1 aliphatic rings. The van der Waals surface area contributed by atoms with E-state index in [0.717, 1.165) is 25.7 Å². The Balaban J connectivity index is 1.64. The fourth-order valence-corrected chi connectivity index (χ4v) is 7.76. The second kappa shape index (κ2) is 23.1. The van der Waals surface area contributed by atoms with Gasteiger partial charge in [-0.2, -0.15) is 4.31 Å². The van der Waals surface area contributed by atoms with Gasteiger partial charge in [-0.1, -0.05) is 123 Å². The summed E-state index contributed by atoms with van der Waals surface area (Å²) in [6, 6.07) is 0. The quantitative estimate of drug-likeness (QED) is 0.0495. The van der Waals surface area contributed by atoms with Gasteiger partial charge in [0, 0.05) is 11.8 Å². The minimum Gasteiger partial charge on any atom is -0.344 e. The number of aromatic nitrogens is 2. The summed E-state index contributed by atoms with van der Waals surface area (Å²) in [6.45, 7) is 5.41. The standard InChI is InChI=1S/C32H58N2O10P2/c1-4-6-8-9-10-11-12-13-14-15-16-17-18-19-20-21-25-41-46(39,40-24-7-5-2)44-45(37,38)42-27-29-22-23-30(43-29)34-26-28(3)31(35)33-32(34)36/h22-23,26,29-30H,4-21,24-25,27H2,1-3H3,(H,37,38)(H,33,35,36)/t29-,30+,46?/m0/s1. The molecule has 4 atom stereocenters. The van der Waals surface area contributed by atoms with E-state index in [4.69, 9.17) is 22.6 Å². The summed E-state index contributed by atoms with van der Waals surface area (Å²) < 4.78 is 53.5. The predicted molar refractivity (Wildman–Crippen MR) is 180 cm³/mol. The lowest BCUT2D eigenvalue weighted by molar-refractivity contribution is -0.0109. The molecule has 12 nitrogen and oxygen atoms in total. The first-order valence-electron chi connectivity index (χ1n) is 17.3. The van der Waals surface area contributed by atoms with Crippen molar-refractivity contribution in [3.8, 4) is 0 Å². The number of hydrogen-bond donors (Lipinski definition) is 2. The van der Waals surface area contributed by atoms with Crippen molar-refractivity contribution in [2.45, 2.75) is 149 Å². The molecule has 0 amide bonds. The van der Waals surface area contributed by atoms with E-state index >= 15 is 0 Å². The number of aromatic amines is 1. The first-order chi connectivity index (χ1) is 22.1. The van der Waals surface area contributed by atoms with Gasteiger partial charge in [0.2, 0.25) is 0 Å². The Kier molecular flexibility index (Phi) is 20.5. The van der Waals surface area contributed by atoms with Crippen LogP contribution in [0, 0.1) is 6.92 Å². The molecule has 2 heterocycles. The van der Waals surface area contributed by atoms with Gasteiger partial charge in [-0.15, -0.1) is 0 Å². The van der Waals surface area contributed by atoms with Crippen molar-refractivity contribution in [2.24, 2.45) is 0 Å². The molecule has 0 saturated heterocycles. The average Bonchev–Trinajstić information content (AvgIpc) is 3.48. The highest BCUT2D eigenvalue weighted by atomic mass is 31.3. The van der Waals surface area contributed by atoms with Gasteiger partial charge < -0.3 is 9.63 Å². The van der Waals surface area contributed by atoms with Gasteiger partial charge in [0.25, 0.3) is 5.56 Å². The Hall–Kier alpha value is -1.36. The molecule has 0 aromatic carbocycles. The van der Waals surface area contributed by atoms with Gasteiger partial charge in [0.1, 0.15) is 6.10 Å². The molecule has 0 aliphatic carbocycles. The monoisotopic (exact) mass is 692 g/mol. The van der Waals surface area contributed by atoms with Gasteiger partial charge in [0.15, 0.2) is 6.23 Å². The molecule has 0 spiro atoms. The zero-order valence-electron chi connectivity index (χ0n) is 28.2. The molecule has 0 saturated carbocycles. The third kappa shape index (κ3) is 17.2. The van der Waals surface area contributed by atoms with Crippen LogP contribution in [0.1, 0.15) is 141 Å². The highest BCUT2D eigenvalue weighted by Crippen LogP contribution is 2.63. The lowest BCUT2D eigenvalue weighted by atomic mass is 10.0. The fraction of sp³-hybridized carbons (Fsp3) is 0.812. The summed E-state index contributed by atoms with van der Waals surface area (Å²) >= 11 is 0. The van der Waals surface area contributed by atoms with Crippen molar-refractivity contribution in [3.63, 3.8) is 0 Å². The van der Waals surface area contributed by atoms with E-state index in [-0.39, 0.29) is 13.2 Å². The zero-order valence-corrected chi connectivity index (χ0v) is 30.0. The van der Waals surface area contributed by atoms with Gasteiger partial charge in [0.05, 0.1) is 19.8 Å². The van der Waals surface area contributed by atoms with Crippen molar-refractivity contribution in [1.82, 2.24) is 9.55 Å². The number of hydrogen-bond acceptors (Lipinski definition) is 9. The molecule has 0 radical (unpaired) electrons. The number of rotatable bonds is 28. The molecule has 0 fully saturated rings. The topological polar surface area (TPSA) is 155 Å². The predicted octanol–water partition coefficient (Wildman–Crippen LogP) is 8.64. The number of aryl methyl sites for hydroxylation is 1. The van der Waals surface area contributed by atoms with Crippen LogP contribution >= 0.6 is 15.6 Å². The molecule has 46 heavy (non-hydrogen) atoms. The number of nitrogens with one attached hydrogen (secondary N) is 1. The van der Waals surface area contributed by atoms with Crippen molar-refractivity contribution in [3.05, 3.63) is 44.8 Å². The SMILES string of the molecule is CCCCCCCCCCCCCCCCCCOP(=O)(OCCCC)OP(=O)(O)OC[C@@H]1C=C[C@H](n2cc(C)c(=O)[nH]c2=O)O1. The molecule has 1 aromatic heterocycles. The van der Waals surface area contributed by atoms with Crippen LogP contribution in [0.5, 0.6) is 0 Å². The Bertz CT molecular complexity index is 1220. The summed E-state index contributed by atoms with van der Waals surface area (Å²) in [7, 11) is -9.24. The zero-order chi connectivity index (χ0) is 33.7. The molecular formula is C32H58N2O10P2. The molecular weight excluding hydrogens is 634 g/mol. The van der Waals surface area contributed by atoms with Crippen LogP contribution in [0.3, 0.4) is 0 Å². The van der Waals surface area contributed by atoms with E-state index < -0.39 is 45.8 Å². The molecule has 14 heteroatoms. The Morgan fingerprint density at radius 2 is 1.26 bits per heavy atom. The number of nitrogens with zero attached hydrogens (tertiary/aromatic N) is 1. The Morgan fingerprint density at radius 3 is 1.80 bits per heavy atom. The third-order valence-electron chi connectivity index (χ3n) is 7.82. The summed E-state index contributed by atoms with van der Waals surface area (Å²) in [6.07, 6.45) is 23.7. The number of phosphoric ester groups is 2. The second-order valence-corrected chi connectivity index (χ2v) is 15.3. The fourth-order valence-electron chi connectivity index (χ4n) is 5.07. The first kappa shape index (κ1) is 40.8. The first-order valence-corrected chi connectivity index (χ1v) is 20.3. The summed E-state index contributed by atoms with van der Waals surface area (Å²) in [5.41, 5.74) is -0.832. The highest BCUT2D eigenvalue weighted by Gasteiger charge is 2.39. The van der Waals surface area contributed by atoms with Crippen molar-refractivity contribution in [2.75, 3.05) is 19.8 Å². The minimum absolute atomic E-state index is 0.0379. The smallest absolute Gasteiger partial charge is 0.344 e. The van der Waals surface area contributed by atoms with E-state index in [9.17, 15) is 23.6 Å². The van der Waals surface area contributed by atoms with Gasteiger partial charge >= 0.3 is 21.3 Å². The van der Waals surface area contributed by atoms with Crippen molar-refractivity contribution in [1.29, 1.82) is 0 Å². The summed E-state index contributed by atoms with van der Waals surface area (Å²) in [5.74, 6) is 0. The molecule has 2 unspecified atom stereocenters. The Morgan fingerprint density at radius 1 is 0.761 bits per heavy atom. The molecule has 0 bridgehead atoms. The van der Waals surface area contributed by atoms with Crippen LogP contribution in [0.2, 0.25) is 0 Å². The third-order valence-corrected chi connectivity index (χ3v) is 10.9. The normalized spacial score (nSPS) is 19.0. The van der Waals surface area contributed by atoms with E-state index in [0.29, 0.717) is 18.4 Å². The summed E-state index contributed by atoms with van der Waals surface area (Å²) in [4.78, 5) is 36.3. The van der Waals surface area contributed by atoms with E-state index in [1.807, 2.05) is 6.92 Å². The van der Waals surface area contributed by atoms with Gasteiger partial charge in [-0.3, -0.25) is 27.9 Å².